The Kier molecular flexibility index (Phi) is 4.57. The van der Waals surface area contributed by atoms with Crippen molar-refractivity contribution in [2.45, 2.75) is 13.3 Å². The number of nitrogens with one attached hydrogen (secondary N) is 1. The first kappa shape index (κ1) is 14.7. The van der Waals surface area contributed by atoms with Gasteiger partial charge in [-0.1, -0.05) is 11.6 Å². The second kappa shape index (κ2) is 6.19. The molecule has 2 aromatic rings. The molecule has 0 unspecified atom stereocenters. The molecular weight excluding hydrogens is 303 g/mol. The molecule has 0 fully saturated rings. The Morgan fingerprint density at radius 3 is 2.80 bits per heavy atom. The number of benzene rings is 1. The lowest BCUT2D eigenvalue weighted by Crippen LogP contribution is -2.07. The predicted molar refractivity (Wildman–Crippen MR) is 79.3 cm³/mol. The van der Waals surface area contributed by atoms with Gasteiger partial charge in [0, 0.05) is 11.4 Å². The van der Waals surface area contributed by atoms with Crippen molar-refractivity contribution in [3.05, 3.63) is 55.0 Å². The third kappa shape index (κ3) is 3.46. The Labute approximate surface area is 124 Å². The maximum Gasteiger partial charge on any atom is 0.295 e. The molecule has 1 aromatic carbocycles. The van der Waals surface area contributed by atoms with E-state index in [4.69, 9.17) is 11.6 Å². The maximum absolute atomic E-state index is 13.4. The summed E-state index contributed by atoms with van der Waals surface area (Å²) in [6.45, 7) is 2.09. The highest BCUT2D eigenvalue weighted by Crippen LogP contribution is 2.28. The number of anilines is 1. The second-order valence-electron chi connectivity index (χ2n) is 4.26. The summed E-state index contributed by atoms with van der Waals surface area (Å²) in [5, 5.41) is 13.9. The zero-order valence-electron chi connectivity index (χ0n) is 10.7. The van der Waals surface area contributed by atoms with E-state index in [-0.39, 0.29) is 5.69 Å². The van der Waals surface area contributed by atoms with Gasteiger partial charge in [-0.3, -0.25) is 10.1 Å². The summed E-state index contributed by atoms with van der Waals surface area (Å²) >= 11 is 7.30. The minimum absolute atomic E-state index is 0.252. The molecular formula is C13H12ClFN2O2S. The topological polar surface area (TPSA) is 55.2 Å². The number of hydrogen-bond donors (Lipinski definition) is 1. The second-order valence-corrected chi connectivity index (χ2v) is 6.06. The number of hydrogen-bond acceptors (Lipinski definition) is 4. The van der Waals surface area contributed by atoms with Gasteiger partial charge in [-0.2, -0.15) is 0 Å². The first-order chi connectivity index (χ1) is 9.47. The normalized spacial score (nSPS) is 10.6. The van der Waals surface area contributed by atoms with Crippen LogP contribution in [-0.2, 0) is 6.42 Å². The maximum atomic E-state index is 13.4. The van der Waals surface area contributed by atoms with Crippen molar-refractivity contribution >= 4 is 34.3 Å². The van der Waals surface area contributed by atoms with E-state index < -0.39 is 10.7 Å². The summed E-state index contributed by atoms with van der Waals surface area (Å²) < 4.78 is 14.1. The number of halogens is 2. The highest BCUT2D eigenvalue weighted by molar-refractivity contribution is 7.16. The molecule has 2 rings (SSSR count). The number of aryl methyl sites for hydroxylation is 1. The molecule has 0 amide bonds. The molecule has 1 heterocycles. The van der Waals surface area contributed by atoms with Crippen LogP contribution in [0, 0.1) is 22.9 Å². The highest BCUT2D eigenvalue weighted by Gasteiger charge is 2.16. The van der Waals surface area contributed by atoms with Crippen molar-refractivity contribution < 1.29 is 9.31 Å². The first-order valence-electron chi connectivity index (χ1n) is 5.90. The lowest BCUT2D eigenvalue weighted by atomic mass is 10.1. The van der Waals surface area contributed by atoms with Crippen LogP contribution < -0.4 is 5.32 Å². The fourth-order valence-electron chi connectivity index (χ4n) is 1.77. The molecule has 0 radical (unpaired) electrons. The van der Waals surface area contributed by atoms with Gasteiger partial charge < -0.3 is 5.32 Å². The van der Waals surface area contributed by atoms with Crippen LogP contribution in [0.2, 0.25) is 4.34 Å². The van der Waals surface area contributed by atoms with Crippen LogP contribution in [0.1, 0.15) is 10.4 Å². The molecule has 0 aliphatic heterocycles. The molecule has 7 heteroatoms. The van der Waals surface area contributed by atoms with Crippen molar-refractivity contribution in [1.82, 2.24) is 0 Å². The molecule has 0 aliphatic carbocycles. The van der Waals surface area contributed by atoms with E-state index in [1.54, 1.807) is 6.92 Å². The van der Waals surface area contributed by atoms with Crippen LogP contribution in [0.3, 0.4) is 0 Å². The molecule has 1 aromatic heterocycles. The number of nitro groups is 1. The van der Waals surface area contributed by atoms with Gasteiger partial charge in [0.2, 0.25) is 0 Å². The Bertz CT molecular complexity index is 645. The average Bonchev–Trinajstić information content (AvgIpc) is 2.79. The van der Waals surface area contributed by atoms with E-state index in [0.29, 0.717) is 28.6 Å². The van der Waals surface area contributed by atoms with Crippen LogP contribution in [-0.4, -0.2) is 11.5 Å². The summed E-state index contributed by atoms with van der Waals surface area (Å²) in [6, 6.07) is 6.12. The van der Waals surface area contributed by atoms with Crippen molar-refractivity contribution in [2.75, 3.05) is 11.9 Å². The summed E-state index contributed by atoms with van der Waals surface area (Å²) in [6.07, 6.45) is 0.699. The SMILES string of the molecule is Cc1cc(NCCc2ccc(Cl)s2)c([N+](=O)[O-])cc1F. The van der Waals surface area contributed by atoms with Gasteiger partial charge in [0.1, 0.15) is 11.5 Å². The van der Waals surface area contributed by atoms with Gasteiger partial charge in [-0.15, -0.1) is 11.3 Å². The third-order valence-corrected chi connectivity index (χ3v) is 4.08. The Hall–Kier alpha value is -1.66. The zero-order valence-corrected chi connectivity index (χ0v) is 12.2. The molecule has 0 spiro atoms. The molecule has 0 saturated heterocycles. The van der Waals surface area contributed by atoms with E-state index in [2.05, 4.69) is 5.32 Å². The fraction of sp³-hybridized carbons (Fsp3) is 0.231. The molecule has 106 valence electrons. The van der Waals surface area contributed by atoms with Gasteiger partial charge in [0.15, 0.2) is 0 Å². The van der Waals surface area contributed by atoms with Gasteiger partial charge >= 0.3 is 0 Å². The summed E-state index contributed by atoms with van der Waals surface area (Å²) in [5.74, 6) is -0.577. The predicted octanol–water partition coefficient (Wildman–Crippen LogP) is 4.41. The van der Waals surface area contributed by atoms with Crippen LogP contribution in [0.25, 0.3) is 0 Å². The average molecular weight is 315 g/mol. The van der Waals surface area contributed by atoms with Crippen molar-refractivity contribution in [3.8, 4) is 0 Å². The van der Waals surface area contributed by atoms with E-state index in [9.17, 15) is 14.5 Å². The number of thiophene rings is 1. The molecule has 0 bridgehead atoms. The fourth-order valence-corrected chi connectivity index (χ4v) is 2.86. The van der Waals surface area contributed by atoms with E-state index in [1.165, 1.54) is 17.4 Å². The van der Waals surface area contributed by atoms with Crippen molar-refractivity contribution in [2.24, 2.45) is 0 Å². The summed E-state index contributed by atoms with van der Waals surface area (Å²) in [7, 11) is 0. The minimum atomic E-state index is -0.590. The van der Waals surface area contributed by atoms with Crippen LogP contribution in [0.15, 0.2) is 24.3 Å². The Morgan fingerprint density at radius 2 is 2.20 bits per heavy atom. The van der Waals surface area contributed by atoms with Gasteiger partial charge in [0.05, 0.1) is 15.3 Å². The third-order valence-electron chi connectivity index (χ3n) is 2.79. The highest BCUT2D eigenvalue weighted by atomic mass is 35.5. The van der Waals surface area contributed by atoms with Gasteiger partial charge in [0.25, 0.3) is 5.69 Å². The van der Waals surface area contributed by atoms with Crippen LogP contribution in [0.4, 0.5) is 15.8 Å². The molecule has 4 nitrogen and oxygen atoms in total. The van der Waals surface area contributed by atoms with Gasteiger partial charge in [-0.05, 0) is 37.1 Å². The molecule has 20 heavy (non-hydrogen) atoms. The lowest BCUT2D eigenvalue weighted by molar-refractivity contribution is -0.384. The largest absolute Gasteiger partial charge is 0.379 e. The first-order valence-corrected chi connectivity index (χ1v) is 7.09. The van der Waals surface area contributed by atoms with Crippen LogP contribution in [0.5, 0.6) is 0 Å². The van der Waals surface area contributed by atoms with Crippen molar-refractivity contribution in [1.29, 1.82) is 0 Å². The standard InChI is InChI=1S/C13H12ClFN2O2S/c1-8-6-11(12(17(18)19)7-10(8)15)16-5-4-9-2-3-13(14)20-9/h2-3,6-7,16H,4-5H2,1H3. The smallest absolute Gasteiger partial charge is 0.295 e. The Balaban J connectivity index is 2.08. The van der Waals surface area contributed by atoms with Crippen molar-refractivity contribution in [3.63, 3.8) is 0 Å². The number of nitro benzene ring substituents is 1. The van der Waals surface area contributed by atoms with E-state index in [0.717, 1.165) is 10.9 Å². The minimum Gasteiger partial charge on any atom is -0.379 e. The molecule has 0 aliphatic rings. The molecule has 0 saturated carbocycles. The van der Waals surface area contributed by atoms with E-state index in [1.807, 2.05) is 12.1 Å². The number of nitrogens with zero attached hydrogens (tertiary/aromatic N) is 1. The number of rotatable bonds is 5. The quantitative estimate of drug-likeness (QED) is 0.657. The zero-order chi connectivity index (χ0) is 14.7. The van der Waals surface area contributed by atoms with Gasteiger partial charge in [-0.25, -0.2) is 4.39 Å². The summed E-state index contributed by atoms with van der Waals surface area (Å²) in [4.78, 5) is 11.4. The molecule has 0 atom stereocenters. The van der Waals surface area contributed by atoms with E-state index >= 15 is 0 Å². The lowest BCUT2D eigenvalue weighted by Gasteiger charge is -2.08. The van der Waals surface area contributed by atoms with Crippen LogP contribution >= 0.6 is 22.9 Å². The molecule has 1 N–H and O–H groups in total. The Morgan fingerprint density at radius 1 is 1.45 bits per heavy atom. The summed E-state index contributed by atoms with van der Waals surface area (Å²) in [5.41, 5.74) is 0.450. The monoisotopic (exact) mass is 314 g/mol.